The molecule has 0 radical (unpaired) electrons. The van der Waals surface area contributed by atoms with Gasteiger partial charge in [-0.05, 0) is 30.9 Å². The van der Waals surface area contributed by atoms with Crippen LogP contribution >= 0.6 is 0 Å². The minimum atomic E-state index is 0.229. The molecule has 0 amide bonds. The zero-order chi connectivity index (χ0) is 11.2. The van der Waals surface area contributed by atoms with Crippen molar-refractivity contribution in [3.8, 4) is 0 Å². The highest BCUT2D eigenvalue weighted by Gasteiger charge is 2.13. The van der Waals surface area contributed by atoms with Gasteiger partial charge in [-0.3, -0.25) is 0 Å². The summed E-state index contributed by atoms with van der Waals surface area (Å²) in [4.78, 5) is 0. The van der Waals surface area contributed by atoms with E-state index in [0.717, 1.165) is 31.6 Å². The molecule has 16 heavy (non-hydrogen) atoms. The Balaban J connectivity index is 1.91. The molecule has 2 nitrogen and oxygen atoms in total. The maximum absolute atomic E-state index is 5.71. The number of ether oxygens (including phenoxy) is 2. The summed E-state index contributed by atoms with van der Waals surface area (Å²) in [7, 11) is 0. The van der Waals surface area contributed by atoms with Crippen LogP contribution in [-0.4, -0.2) is 19.3 Å². The van der Waals surface area contributed by atoms with Gasteiger partial charge < -0.3 is 9.47 Å². The molecule has 1 saturated heterocycles. The Bertz CT molecular complexity index is 337. The molecular formula is C14H18O2. The Morgan fingerprint density at radius 2 is 2.19 bits per heavy atom. The molecule has 0 bridgehead atoms. The molecule has 86 valence electrons. The van der Waals surface area contributed by atoms with E-state index >= 15 is 0 Å². The Kier molecular flexibility index (Phi) is 4.00. The average Bonchev–Trinajstić information content (AvgIpc) is 2.38. The summed E-state index contributed by atoms with van der Waals surface area (Å²) < 4.78 is 11.1. The fourth-order valence-electron chi connectivity index (χ4n) is 1.79. The smallest absolute Gasteiger partial charge is 0.121 e. The molecule has 1 aromatic carbocycles. The van der Waals surface area contributed by atoms with E-state index in [2.05, 4.69) is 19.1 Å². The Hall–Kier alpha value is -1.28. The Morgan fingerprint density at radius 3 is 2.88 bits per heavy atom. The first-order valence-electron chi connectivity index (χ1n) is 5.81. The molecule has 0 aromatic heterocycles. The van der Waals surface area contributed by atoms with Crippen molar-refractivity contribution < 1.29 is 9.47 Å². The van der Waals surface area contributed by atoms with Crippen LogP contribution in [0.15, 0.2) is 36.6 Å². The summed E-state index contributed by atoms with van der Waals surface area (Å²) in [6, 6.07) is 10.3. The molecule has 1 heterocycles. The van der Waals surface area contributed by atoms with E-state index < -0.39 is 0 Å². The fourth-order valence-corrected chi connectivity index (χ4v) is 1.79. The Morgan fingerprint density at radius 1 is 1.38 bits per heavy atom. The number of rotatable bonds is 3. The second kappa shape index (κ2) is 5.71. The van der Waals surface area contributed by atoms with Crippen LogP contribution < -0.4 is 0 Å². The quantitative estimate of drug-likeness (QED) is 0.725. The zero-order valence-corrected chi connectivity index (χ0v) is 9.69. The van der Waals surface area contributed by atoms with Crippen molar-refractivity contribution in [1.82, 2.24) is 0 Å². The molecule has 1 aliphatic heterocycles. The first-order chi connectivity index (χ1) is 7.86. The van der Waals surface area contributed by atoms with Gasteiger partial charge in [0.1, 0.15) is 6.10 Å². The molecule has 1 unspecified atom stereocenters. The van der Waals surface area contributed by atoms with Gasteiger partial charge in [0.15, 0.2) is 0 Å². The average molecular weight is 218 g/mol. The second-order valence-electron chi connectivity index (χ2n) is 4.14. The summed E-state index contributed by atoms with van der Waals surface area (Å²) in [5.74, 6) is 0. The Labute approximate surface area is 96.9 Å². The van der Waals surface area contributed by atoms with E-state index in [-0.39, 0.29) is 6.10 Å². The predicted molar refractivity (Wildman–Crippen MR) is 65.0 cm³/mol. The highest BCUT2D eigenvalue weighted by atomic mass is 16.5. The van der Waals surface area contributed by atoms with Crippen LogP contribution in [0.3, 0.4) is 0 Å². The second-order valence-corrected chi connectivity index (χ2v) is 4.14. The monoisotopic (exact) mass is 218 g/mol. The van der Waals surface area contributed by atoms with Crippen molar-refractivity contribution in [2.45, 2.75) is 25.9 Å². The van der Waals surface area contributed by atoms with Crippen LogP contribution in [0.4, 0.5) is 0 Å². The minimum Gasteiger partial charge on any atom is -0.495 e. The van der Waals surface area contributed by atoms with E-state index in [9.17, 15) is 0 Å². The topological polar surface area (TPSA) is 18.5 Å². The van der Waals surface area contributed by atoms with Crippen molar-refractivity contribution >= 4 is 5.57 Å². The molecule has 0 aliphatic carbocycles. The highest BCUT2D eigenvalue weighted by molar-refractivity contribution is 5.62. The van der Waals surface area contributed by atoms with Crippen LogP contribution in [0.2, 0.25) is 0 Å². The van der Waals surface area contributed by atoms with Crippen LogP contribution in [0.1, 0.15) is 25.3 Å². The zero-order valence-electron chi connectivity index (χ0n) is 9.69. The van der Waals surface area contributed by atoms with Crippen LogP contribution in [0.5, 0.6) is 0 Å². The largest absolute Gasteiger partial charge is 0.495 e. The fraction of sp³-hybridized carbons (Fsp3) is 0.429. The van der Waals surface area contributed by atoms with Gasteiger partial charge in [0, 0.05) is 6.61 Å². The van der Waals surface area contributed by atoms with Crippen LogP contribution in [0.25, 0.3) is 5.57 Å². The molecule has 0 saturated carbocycles. The van der Waals surface area contributed by atoms with Crippen LogP contribution in [-0.2, 0) is 9.47 Å². The molecular weight excluding hydrogens is 200 g/mol. The molecule has 0 spiro atoms. The van der Waals surface area contributed by atoms with Crippen LogP contribution in [0, 0.1) is 0 Å². The molecule has 1 aromatic rings. The van der Waals surface area contributed by atoms with Gasteiger partial charge in [0.25, 0.3) is 0 Å². The van der Waals surface area contributed by atoms with Crippen molar-refractivity contribution in [3.05, 3.63) is 42.2 Å². The third-order valence-electron chi connectivity index (χ3n) is 2.78. The maximum atomic E-state index is 5.71. The molecule has 2 heteroatoms. The van der Waals surface area contributed by atoms with Crippen molar-refractivity contribution in [3.63, 3.8) is 0 Å². The van der Waals surface area contributed by atoms with Gasteiger partial charge in [0.2, 0.25) is 0 Å². The first-order valence-corrected chi connectivity index (χ1v) is 5.81. The normalized spacial score (nSPS) is 21.8. The number of benzene rings is 1. The van der Waals surface area contributed by atoms with E-state index in [4.69, 9.17) is 9.47 Å². The van der Waals surface area contributed by atoms with Gasteiger partial charge in [-0.1, -0.05) is 30.3 Å². The van der Waals surface area contributed by atoms with Gasteiger partial charge >= 0.3 is 0 Å². The van der Waals surface area contributed by atoms with Crippen molar-refractivity contribution in [1.29, 1.82) is 0 Å². The van der Waals surface area contributed by atoms with Gasteiger partial charge in [-0.2, -0.15) is 0 Å². The van der Waals surface area contributed by atoms with E-state index in [1.54, 1.807) is 0 Å². The molecule has 0 N–H and O–H groups in total. The summed E-state index contributed by atoms with van der Waals surface area (Å²) >= 11 is 0. The van der Waals surface area contributed by atoms with Gasteiger partial charge in [0.05, 0.1) is 12.9 Å². The number of allylic oxidation sites excluding steroid dienone is 1. The van der Waals surface area contributed by atoms with E-state index in [1.165, 1.54) is 5.56 Å². The number of hydrogen-bond acceptors (Lipinski definition) is 2. The SMILES string of the molecule is C/C(=C/OC1CCCOC1)c1ccccc1. The van der Waals surface area contributed by atoms with Crippen molar-refractivity contribution in [2.75, 3.05) is 13.2 Å². The lowest BCUT2D eigenvalue weighted by Crippen LogP contribution is -2.23. The molecule has 1 atom stereocenters. The van der Waals surface area contributed by atoms with Gasteiger partial charge in [-0.25, -0.2) is 0 Å². The van der Waals surface area contributed by atoms with E-state index in [0.29, 0.717) is 0 Å². The summed E-state index contributed by atoms with van der Waals surface area (Å²) in [5, 5.41) is 0. The summed E-state index contributed by atoms with van der Waals surface area (Å²) in [6.07, 6.45) is 4.28. The third-order valence-corrected chi connectivity index (χ3v) is 2.78. The number of hydrogen-bond donors (Lipinski definition) is 0. The lowest BCUT2D eigenvalue weighted by atomic mass is 10.1. The highest BCUT2D eigenvalue weighted by Crippen LogP contribution is 2.16. The lowest BCUT2D eigenvalue weighted by Gasteiger charge is -2.21. The molecule has 1 aliphatic rings. The summed E-state index contributed by atoms with van der Waals surface area (Å²) in [6.45, 7) is 3.67. The van der Waals surface area contributed by atoms with Gasteiger partial charge in [-0.15, -0.1) is 0 Å². The molecule has 2 rings (SSSR count). The third kappa shape index (κ3) is 3.11. The summed E-state index contributed by atoms with van der Waals surface area (Å²) in [5.41, 5.74) is 2.37. The van der Waals surface area contributed by atoms with E-state index in [1.807, 2.05) is 24.5 Å². The predicted octanol–water partition coefficient (Wildman–Crippen LogP) is 3.24. The molecule has 1 fully saturated rings. The first kappa shape index (κ1) is 11.2. The maximum Gasteiger partial charge on any atom is 0.121 e. The standard InChI is InChI=1S/C14H18O2/c1-12(13-6-3-2-4-7-13)10-16-14-8-5-9-15-11-14/h2-4,6-7,10,14H,5,8-9,11H2,1H3/b12-10-. The van der Waals surface area contributed by atoms with Crippen molar-refractivity contribution in [2.24, 2.45) is 0 Å². The minimum absolute atomic E-state index is 0.229. The lowest BCUT2D eigenvalue weighted by molar-refractivity contribution is -0.0128.